The average molecular weight is 843 g/mol. The van der Waals surface area contributed by atoms with Crippen LogP contribution in [0.4, 0.5) is 0 Å². The van der Waals surface area contributed by atoms with Gasteiger partial charge in [0, 0.05) is 12.3 Å². The highest BCUT2D eigenvalue weighted by atomic mass is 16.8. The van der Waals surface area contributed by atoms with Crippen molar-refractivity contribution < 1.29 is 78.7 Å². The fraction of sp³-hybridized carbons (Fsp3) is 1.00. The Labute approximate surface area is 346 Å². The van der Waals surface area contributed by atoms with Gasteiger partial charge in [0.1, 0.15) is 61.0 Å². The lowest BCUT2D eigenvalue weighted by molar-refractivity contribution is -0.382. The molecule has 4 aliphatic carbocycles. The summed E-state index contributed by atoms with van der Waals surface area (Å²) in [6, 6.07) is 0. The van der Waals surface area contributed by atoms with Gasteiger partial charge in [-0.2, -0.15) is 0 Å². The summed E-state index contributed by atoms with van der Waals surface area (Å²) in [6.07, 6.45) is -8.74. The highest BCUT2D eigenvalue weighted by Crippen LogP contribution is 2.71. The van der Waals surface area contributed by atoms with Gasteiger partial charge < -0.3 is 78.7 Å². The molecule has 8 N–H and O–H groups in total. The molecule has 1 spiro atoms. The summed E-state index contributed by atoms with van der Waals surface area (Å²) in [5.41, 5.74) is 0.360. The summed E-state index contributed by atoms with van der Waals surface area (Å²) in [4.78, 5) is 0. The molecule has 16 nitrogen and oxygen atoms in total. The molecule has 5 heterocycles. The van der Waals surface area contributed by atoms with Crippen LogP contribution in [0.3, 0.4) is 0 Å². The van der Waals surface area contributed by atoms with E-state index in [2.05, 4.69) is 27.7 Å². The molecule has 4 unspecified atom stereocenters. The van der Waals surface area contributed by atoms with Crippen LogP contribution in [-0.2, 0) is 37.9 Å². The quantitative estimate of drug-likeness (QED) is 0.164. The molecule has 0 aromatic carbocycles. The number of aliphatic hydroxyl groups is 8. The van der Waals surface area contributed by atoms with Gasteiger partial charge in [-0.25, -0.2) is 0 Å². The molecule has 338 valence electrons. The largest absolute Gasteiger partial charge is 0.394 e. The molecule has 25 atom stereocenters. The second-order valence-corrected chi connectivity index (χ2v) is 20.6. The molecule has 9 fully saturated rings. The van der Waals surface area contributed by atoms with Crippen molar-refractivity contribution in [2.24, 2.45) is 52.3 Å². The van der Waals surface area contributed by atoms with Gasteiger partial charge >= 0.3 is 0 Å². The van der Waals surface area contributed by atoms with Crippen LogP contribution in [0.25, 0.3) is 0 Å². The van der Waals surface area contributed by atoms with Crippen LogP contribution < -0.4 is 0 Å². The van der Waals surface area contributed by atoms with E-state index in [1.54, 1.807) is 0 Å². The second kappa shape index (κ2) is 16.4. The Morgan fingerprint density at radius 2 is 1.29 bits per heavy atom. The standard InChI is InChI=1S/C43H70O16/c1-19-7-12-43(54-16-19)20(2)30-28(59-43)14-25-23-6-5-21-13-22(8-10-41(21,3)24(23)9-11-42(25,30)4)55-40-37(58-39-34(50)32(48)27(46)18-53-39)35(51)36(29(15-44)56-40)57-38-33(49)31(47)26(45)17-52-38/h19-40,44-51H,5-18H2,1-4H3/t19-,20-,21+,22-,23?,24?,25-,26+,27+,28?,29+,30?,31-,32-,33+,34+,35-,36+,37+,38-,39-,40+,41-,42-,43+/m0/s1. The Morgan fingerprint density at radius 3 is 1.93 bits per heavy atom. The molecule has 0 bridgehead atoms. The number of ether oxygens (including phenoxy) is 8. The first-order valence-electron chi connectivity index (χ1n) is 22.6. The van der Waals surface area contributed by atoms with E-state index in [4.69, 9.17) is 37.9 Å². The molecule has 9 rings (SSSR count). The summed E-state index contributed by atoms with van der Waals surface area (Å²) >= 11 is 0. The summed E-state index contributed by atoms with van der Waals surface area (Å²) < 4.78 is 49.5. The van der Waals surface area contributed by atoms with Crippen LogP contribution in [-0.4, -0.2) is 165 Å². The first-order valence-corrected chi connectivity index (χ1v) is 22.6. The van der Waals surface area contributed by atoms with Crippen molar-refractivity contribution in [3.05, 3.63) is 0 Å². The minimum Gasteiger partial charge on any atom is -0.394 e. The van der Waals surface area contributed by atoms with E-state index in [1.165, 1.54) is 12.8 Å². The summed E-state index contributed by atoms with van der Waals surface area (Å²) in [5, 5.41) is 84.5. The van der Waals surface area contributed by atoms with Crippen molar-refractivity contribution in [2.75, 3.05) is 26.4 Å². The molecule has 9 aliphatic rings. The number of aliphatic hydroxyl groups excluding tert-OH is 8. The lowest BCUT2D eigenvalue weighted by Gasteiger charge is -2.61. The first kappa shape index (κ1) is 43.6. The van der Waals surface area contributed by atoms with Crippen LogP contribution >= 0.6 is 0 Å². The van der Waals surface area contributed by atoms with Gasteiger partial charge in [-0.15, -0.1) is 0 Å². The predicted molar refractivity (Wildman–Crippen MR) is 204 cm³/mol. The van der Waals surface area contributed by atoms with E-state index in [0.29, 0.717) is 41.4 Å². The van der Waals surface area contributed by atoms with Crippen LogP contribution in [0.2, 0.25) is 0 Å². The third-order valence-electron chi connectivity index (χ3n) is 17.5. The van der Waals surface area contributed by atoms with Gasteiger partial charge in [0.25, 0.3) is 0 Å². The van der Waals surface area contributed by atoms with Crippen molar-refractivity contribution in [1.29, 1.82) is 0 Å². The van der Waals surface area contributed by atoms with Crippen molar-refractivity contribution in [1.82, 2.24) is 0 Å². The van der Waals surface area contributed by atoms with Crippen molar-refractivity contribution >= 4 is 0 Å². The van der Waals surface area contributed by atoms with Crippen molar-refractivity contribution in [3.8, 4) is 0 Å². The fourth-order valence-corrected chi connectivity index (χ4v) is 14.1. The number of fused-ring (bicyclic) bond motifs is 7. The molecule has 0 aromatic heterocycles. The maximum Gasteiger partial charge on any atom is 0.187 e. The topological polar surface area (TPSA) is 236 Å². The van der Waals surface area contributed by atoms with Crippen LogP contribution in [0.5, 0.6) is 0 Å². The molecule has 0 amide bonds. The lowest BCUT2D eigenvalue weighted by Crippen LogP contribution is -2.66. The van der Waals surface area contributed by atoms with Gasteiger partial charge in [0.2, 0.25) is 0 Å². The smallest absolute Gasteiger partial charge is 0.187 e. The van der Waals surface area contributed by atoms with E-state index in [1.807, 2.05) is 0 Å². The summed E-state index contributed by atoms with van der Waals surface area (Å²) in [5.74, 6) is 3.30. The Balaban J connectivity index is 0.887. The van der Waals surface area contributed by atoms with Gasteiger partial charge in [-0.1, -0.05) is 27.7 Å². The van der Waals surface area contributed by atoms with Crippen molar-refractivity contribution in [2.45, 2.75) is 190 Å². The van der Waals surface area contributed by atoms with Gasteiger partial charge in [0.05, 0.1) is 38.6 Å². The van der Waals surface area contributed by atoms with Gasteiger partial charge in [-0.05, 0) is 104 Å². The zero-order chi connectivity index (χ0) is 41.8. The highest BCUT2D eigenvalue weighted by molar-refractivity contribution is 5.15. The van der Waals surface area contributed by atoms with Gasteiger partial charge in [-0.3, -0.25) is 0 Å². The fourth-order valence-electron chi connectivity index (χ4n) is 14.1. The van der Waals surface area contributed by atoms with E-state index < -0.39 is 92.3 Å². The van der Waals surface area contributed by atoms with E-state index in [-0.39, 0.29) is 36.3 Å². The number of rotatable bonds is 7. The molecule has 4 saturated carbocycles. The molecule has 59 heavy (non-hydrogen) atoms. The highest BCUT2D eigenvalue weighted by Gasteiger charge is 2.69. The minimum absolute atomic E-state index is 0.128. The maximum atomic E-state index is 11.9. The Hall–Kier alpha value is -0.640. The summed E-state index contributed by atoms with van der Waals surface area (Å²) in [7, 11) is 0. The molecular formula is C43H70O16. The van der Waals surface area contributed by atoms with Crippen LogP contribution in [0.1, 0.15) is 91.9 Å². The van der Waals surface area contributed by atoms with E-state index in [9.17, 15) is 40.9 Å². The normalized spacial score (nSPS) is 58.8. The van der Waals surface area contributed by atoms with Gasteiger partial charge in [0.15, 0.2) is 24.7 Å². The number of hydrogen-bond donors (Lipinski definition) is 8. The molecule has 0 aromatic rings. The average Bonchev–Trinajstić information content (AvgIpc) is 3.67. The second-order valence-electron chi connectivity index (χ2n) is 20.6. The monoisotopic (exact) mass is 842 g/mol. The Morgan fingerprint density at radius 1 is 0.627 bits per heavy atom. The summed E-state index contributed by atoms with van der Waals surface area (Å²) in [6.45, 7) is 9.18. The first-order chi connectivity index (χ1) is 28.1. The zero-order valence-corrected chi connectivity index (χ0v) is 34.9. The third kappa shape index (κ3) is 7.28. The molecular weight excluding hydrogens is 772 g/mol. The molecule has 0 radical (unpaired) electrons. The minimum atomic E-state index is -1.68. The molecule has 5 saturated heterocycles. The van der Waals surface area contributed by atoms with Crippen LogP contribution in [0.15, 0.2) is 0 Å². The SMILES string of the molecule is C[C@H]1CC[C@@]2(OC1)OC1C[C@H]3C4CC[C@@H]5C[C@@H](O[C@@H]6O[C@H](CO)[C@@H](O[C@@H]7OC[C@@H](O)[C@H](O)[C@H]7O)[C@H](O)[C@H]6O[C@@H]6OC[C@@H](O)[C@H](O)[C@H]6O)CC[C@]5(C)C4CC[C@]3(C)C1[C@@H]2C. The Bertz CT molecular complexity index is 1470. The third-order valence-corrected chi connectivity index (χ3v) is 17.5. The molecule has 16 heteroatoms. The maximum absolute atomic E-state index is 11.9. The Kier molecular flexibility index (Phi) is 12.1. The number of hydrogen-bond acceptors (Lipinski definition) is 16. The van der Waals surface area contributed by atoms with E-state index in [0.717, 1.165) is 58.0 Å². The van der Waals surface area contributed by atoms with Crippen molar-refractivity contribution in [3.63, 3.8) is 0 Å². The van der Waals surface area contributed by atoms with E-state index >= 15 is 0 Å². The lowest BCUT2D eigenvalue weighted by atomic mass is 9.44. The molecule has 5 aliphatic heterocycles. The zero-order valence-electron chi connectivity index (χ0n) is 34.9. The predicted octanol–water partition coefficient (Wildman–Crippen LogP) is 0.545. The van der Waals surface area contributed by atoms with Crippen LogP contribution in [0, 0.1) is 52.3 Å².